The molecule has 0 aromatic carbocycles. The van der Waals surface area contributed by atoms with Crippen LogP contribution in [-0.2, 0) is 16.5 Å². The predicted molar refractivity (Wildman–Crippen MR) is 94.7 cm³/mol. The summed E-state index contributed by atoms with van der Waals surface area (Å²) in [5.41, 5.74) is 6.68. The zero-order valence-corrected chi connectivity index (χ0v) is 14.8. The molecule has 0 bridgehead atoms. The molecule has 2 aromatic rings. The maximum Gasteiger partial charge on any atom is 0.206 e. The van der Waals surface area contributed by atoms with Crippen LogP contribution in [0.3, 0.4) is 0 Å². The Balaban J connectivity index is 1.54. The third kappa shape index (κ3) is 4.58. The fourth-order valence-electron chi connectivity index (χ4n) is 2.70. The van der Waals surface area contributed by atoms with Gasteiger partial charge >= 0.3 is 0 Å². The summed E-state index contributed by atoms with van der Waals surface area (Å²) in [6.07, 6.45) is 8.85. The Morgan fingerprint density at radius 3 is 3.04 bits per heavy atom. The summed E-state index contributed by atoms with van der Waals surface area (Å²) in [7, 11) is 1.85. The monoisotopic (exact) mass is 347 g/mol. The minimum atomic E-state index is -0.466. The normalized spacial score (nSPS) is 20.1. The van der Waals surface area contributed by atoms with E-state index in [2.05, 4.69) is 20.4 Å². The number of aromatic nitrogens is 4. The lowest BCUT2D eigenvalue weighted by Crippen LogP contribution is -2.21. The average molecular weight is 347 g/mol. The van der Waals surface area contributed by atoms with Crippen molar-refractivity contribution in [2.75, 3.05) is 18.5 Å². The second kappa shape index (κ2) is 7.24. The topological polar surface area (TPSA) is 105 Å². The van der Waals surface area contributed by atoms with Gasteiger partial charge in [-0.25, -0.2) is 9.98 Å². The molecule has 1 saturated heterocycles. The third-order valence-corrected chi connectivity index (χ3v) is 3.88. The fraction of sp³-hybridized carbons (Fsp3) is 0.562. The highest BCUT2D eigenvalue weighted by Crippen LogP contribution is 2.25. The van der Waals surface area contributed by atoms with Crippen molar-refractivity contribution in [3.63, 3.8) is 0 Å². The molecule has 0 aliphatic carbocycles. The van der Waals surface area contributed by atoms with E-state index in [-0.39, 0.29) is 6.10 Å². The van der Waals surface area contributed by atoms with Gasteiger partial charge in [-0.1, -0.05) is 0 Å². The summed E-state index contributed by atoms with van der Waals surface area (Å²) in [6.45, 7) is 5.29. The molecule has 9 nitrogen and oxygen atoms in total. The van der Waals surface area contributed by atoms with Crippen LogP contribution >= 0.6 is 0 Å². The highest BCUT2D eigenvalue weighted by atomic mass is 16.7. The number of nitrogens with zero attached hydrogens (tertiary/aromatic N) is 5. The van der Waals surface area contributed by atoms with Crippen LogP contribution in [0.2, 0.25) is 0 Å². The lowest BCUT2D eigenvalue weighted by atomic mass is 10.2. The first-order chi connectivity index (χ1) is 11.9. The molecule has 0 spiro atoms. The molecule has 25 heavy (non-hydrogen) atoms. The van der Waals surface area contributed by atoms with E-state index in [0.717, 1.165) is 19.4 Å². The number of nitrogens with one attached hydrogen (secondary N) is 1. The molecule has 1 fully saturated rings. The molecule has 1 aliphatic heterocycles. The summed E-state index contributed by atoms with van der Waals surface area (Å²) in [6, 6.07) is 0. The summed E-state index contributed by atoms with van der Waals surface area (Å²) < 4.78 is 14.7. The molecule has 0 radical (unpaired) electrons. The van der Waals surface area contributed by atoms with Crippen molar-refractivity contribution < 1.29 is 9.47 Å². The van der Waals surface area contributed by atoms with Crippen molar-refractivity contribution in [1.29, 1.82) is 0 Å². The Morgan fingerprint density at radius 1 is 1.52 bits per heavy atom. The fourth-order valence-corrected chi connectivity index (χ4v) is 2.70. The lowest BCUT2D eigenvalue weighted by Gasteiger charge is -2.17. The SMILES string of the molecule is Cn1cc(N=C(N)n2ccnc2)c(NCCC[C@H]2COC(C)(C)O2)n1. The number of aliphatic imine (C=N–C) groups is 1. The number of rotatable bonds is 6. The molecule has 3 heterocycles. The molecular weight excluding hydrogens is 322 g/mol. The number of hydrogen-bond acceptors (Lipinski definition) is 6. The van der Waals surface area contributed by atoms with Crippen molar-refractivity contribution >= 4 is 17.5 Å². The van der Waals surface area contributed by atoms with Gasteiger partial charge in [0.25, 0.3) is 0 Å². The molecule has 1 atom stereocenters. The van der Waals surface area contributed by atoms with E-state index < -0.39 is 5.79 Å². The van der Waals surface area contributed by atoms with Gasteiger partial charge in [0.15, 0.2) is 11.6 Å². The van der Waals surface area contributed by atoms with Gasteiger partial charge in [-0.3, -0.25) is 9.25 Å². The Kier molecular flexibility index (Phi) is 5.05. The Morgan fingerprint density at radius 2 is 2.36 bits per heavy atom. The molecule has 1 aliphatic rings. The standard InChI is InChI=1S/C16H25N7O2/c1-16(2)24-10-12(25-16)5-4-6-19-14-13(9-22(3)21-14)20-15(17)23-8-7-18-11-23/h7-9,11-12H,4-6,10H2,1-3H3,(H2,17,20)(H,19,21)/t12-/m0/s1. The van der Waals surface area contributed by atoms with Crippen LogP contribution in [0, 0.1) is 0 Å². The van der Waals surface area contributed by atoms with Gasteiger partial charge in [0.05, 0.1) is 18.9 Å². The van der Waals surface area contributed by atoms with Crippen molar-refractivity contribution in [2.45, 2.75) is 38.6 Å². The quantitative estimate of drug-likeness (QED) is 0.466. The van der Waals surface area contributed by atoms with Crippen LogP contribution < -0.4 is 11.1 Å². The molecule has 0 unspecified atom stereocenters. The highest BCUT2D eigenvalue weighted by molar-refractivity contribution is 5.84. The van der Waals surface area contributed by atoms with E-state index >= 15 is 0 Å². The first-order valence-corrected chi connectivity index (χ1v) is 8.35. The summed E-state index contributed by atoms with van der Waals surface area (Å²) >= 11 is 0. The van der Waals surface area contributed by atoms with E-state index in [9.17, 15) is 0 Å². The largest absolute Gasteiger partial charge is 0.369 e. The van der Waals surface area contributed by atoms with Gasteiger partial charge in [0.1, 0.15) is 12.0 Å². The number of ether oxygens (including phenoxy) is 2. The second-order valence-corrected chi connectivity index (χ2v) is 6.50. The van der Waals surface area contributed by atoms with Gasteiger partial charge in [-0.2, -0.15) is 5.10 Å². The third-order valence-electron chi connectivity index (χ3n) is 3.88. The minimum absolute atomic E-state index is 0.148. The molecule has 136 valence electrons. The maximum atomic E-state index is 5.99. The maximum absolute atomic E-state index is 5.99. The molecule has 0 amide bonds. The molecular formula is C16H25N7O2. The first-order valence-electron chi connectivity index (χ1n) is 8.35. The molecule has 3 N–H and O–H groups in total. The van der Waals surface area contributed by atoms with Crippen LogP contribution in [-0.4, -0.2) is 50.3 Å². The first kappa shape index (κ1) is 17.4. The van der Waals surface area contributed by atoms with Crippen molar-refractivity contribution in [2.24, 2.45) is 17.8 Å². The summed E-state index contributed by atoms with van der Waals surface area (Å²) in [5.74, 6) is 0.577. The van der Waals surface area contributed by atoms with Crippen LogP contribution in [0.4, 0.5) is 11.5 Å². The number of nitrogens with two attached hydrogens (primary N) is 1. The van der Waals surface area contributed by atoms with Gasteiger partial charge < -0.3 is 20.5 Å². The van der Waals surface area contributed by atoms with Crippen LogP contribution in [0.5, 0.6) is 0 Å². The highest BCUT2D eigenvalue weighted by Gasteiger charge is 2.31. The van der Waals surface area contributed by atoms with E-state index in [1.165, 1.54) is 0 Å². The van der Waals surface area contributed by atoms with Crippen LogP contribution in [0.15, 0.2) is 29.9 Å². The van der Waals surface area contributed by atoms with Crippen molar-refractivity contribution in [3.05, 3.63) is 24.9 Å². The molecule has 0 saturated carbocycles. The Hall–Kier alpha value is -2.39. The summed E-state index contributed by atoms with van der Waals surface area (Å²) in [4.78, 5) is 8.39. The minimum Gasteiger partial charge on any atom is -0.369 e. The van der Waals surface area contributed by atoms with E-state index in [1.54, 1.807) is 28.0 Å². The number of imidazole rings is 1. The van der Waals surface area contributed by atoms with E-state index in [1.807, 2.05) is 27.1 Å². The molecule has 2 aromatic heterocycles. The van der Waals surface area contributed by atoms with Crippen molar-refractivity contribution in [3.8, 4) is 0 Å². The zero-order valence-electron chi connectivity index (χ0n) is 14.8. The Labute approximate surface area is 146 Å². The number of anilines is 1. The molecule has 9 heteroatoms. The van der Waals surface area contributed by atoms with E-state index in [0.29, 0.717) is 24.1 Å². The Bertz CT molecular complexity index is 721. The zero-order chi connectivity index (χ0) is 17.9. The van der Waals surface area contributed by atoms with E-state index in [4.69, 9.17) is 15.2 Å². The predicted octanol–water partition coefficient (Wildman–Crippen LogP) is 1.45. The van der Waals surface area contributed by atoms with Gasteiger partial charge in [0, 0.05) is 26.0 Å². The number of hydrogen-bond donors (Lipinski definition) is 2. The van der Waals surface area contributed by atoms with Crippen molar-refractivity contribution in [1.82, 2.24) is 19.3 Å². The smallest absolute Gasteiger partial charge is 0.206 e. The second-order valence-electron chi connectivity index (χ2n) is 6.50. The van der Waals surface area contributed by atoms with Crippen LogP contribution in [0.1, 0.15) is 26.7 Å². The molecule has 3 rings (SSSR count). The average Bonchev–Trinajstić information content (AvgIpc) is 3.25. The van der Waals surface area contributed by atoms with Crippen LogP contribution in [0.25, 0.3) is 0 Å². The summed E-state index contributed by atoms with van der Waals surface area (Å²) in [5, 5.41) is 7.71. The lowest BCUT2D eigenvalue weighted by molar-refractivity contribution is -0.138. The number of aryl methyl sites for hydroxylation is 1. The van der Waals surface area contributed by atoms with Gasteiger partial charge in [0.2, 0.25) is 5.96 Å². The van der Waals surface area contributed by atoms with Gasteiger partial charge in [-0.05, 0) is 26.7 Å². The van der Waals surface area contributed by atoms with Gasteiger partial charge in [-0.15, -0.1) is 0 Å².